The topological polar surface area (TPSA) is 72.8 Å². The van der Waals surface area contributed by atoms with Gasteiger partial charge in [-0.2, -0.15) is 0 Å². The Morgan fingerprint density at radius 2 is 2.27 bits per heavy atom. The molecule has 2 fully saturated rings. The van der Waals surface area contributed by atoms with Crippen molar-refractivity contribution in [1.82, 2.24) is 0 Å². The van der Waals surface area contributed by atoms with Gasteiger partial charge < -0.3 is 14.6 Å². The van der Waals surface area contributed by atoms with Crippen LogP contribution in [0.2, 0.25) is 0 Å². The number of aliphatic hydroxyl groups is 1. The predicted octanol–water partition coefficient (Wildman–Crippen LogP) is 1.57. The van der Waals surface area contributed by atoms with Crippen molar-refractivity contribution in [3.63, 3.8) is 0 Å². The summed E-state index contributed by atoms with van der Waals surface area (Å²) in [4.78, 5) is 23.0. The van der Waals surface area contributed by atoms with Crippen LogP contribution in [0.15, 0.2) is 23.0 Å². The molecule has 3 aliphatic carbocycles. The minimum Gasteiger partial charge on any atom is -0.466 e. The fraction of sp³-hybridized carbons (Fsp3) is 0.647. The number of hydrogen-bond acceptors (Lipinski definition) is 5. The summed E-state index contributed by atoms with van der Waals surface area (Å²) < 4.78 is 10.6. The molecule has 22 heavy (non-hydrogen) atoms. The summed E-state index contributed by atoms with van der Waals surface area (Å²) in [6, 6.07) is 0. The maximum Gasteiger partial charge on any atom is 0.342 e. The Kier molecular flexibility index (Phi) is 2.83. The third kappa shape index (κ3) is 1.75. The Bertz CT molecular complexity index is 631. The monoisotopic (exact) mass is 304 g/mol. The van der Waals surface area contributed by atoms with Gasteiger partial charge in [-0.05, 0) is 42.1 Å². The van der Waals surface area contributed by atoms with E-state index in [1.165, 1.54) is 6.92 Å². The molecule has 0 aromatic rings. The van der Waals surface area contributed by atoms with E-state index in [4.69, 9.17) is 9.47 Å². The van der Waals surface area contributed by atoms with Crippen molar-refractivity contribution in [3.05, 3.63) is 23.0 Å². The van der Waals surface area contributed by atoms with Gasteiger partial charge in [-0.15, -0.1) is 0 Å². The average molecular weight is 304 g/mol. The normalized spacial score (nSPS) is 41.4. The number of fused-ring (bicyclic) bond motifs is 4. The van der Waals surface area contributed by atoms with Crippen molar-refractivity contribution in [2.24, 2.45) is 29.1 Å². The second-order valence-electron chi connectivity index (χ2n) is 7.16. The van der Waals surface area contributed by atoms with Crippen molar-refractivity contribution in [2.75, 3.05) is 13.2 Å². The van der Waals surface area contributed by atoms with E-state index in [2.05, 4.69) is 13.0 Å². The zero-order valence-corrected chi connectivity index (χ0v) is 12.8. The molecule has 1 aliphatic heterocycles. The molecule has 118 valence electrons. The van der Waals surface area contributed by atoms with Crippen LogP contribution in [0.4, 0.5) is 0 Å². The fourth-order valence-electron chi connectivity index (χ4n) is 4.97. The standard InChI is InChI=1S/C17H20O5/c1-8(19)21-7-12-9-3-13(9)17(2)5-15-10(4-14(12)17)11(6-18)16(20)22-15/h5,9,12-14,18H,3-4,6-7H2,1-2H3/t9-,12-,13-,14+,17+/m1/s1. The minimum absolute atomic E-state index is 0.000495. The first kappa shape index (κ1) is 14.0. The Morgan fingerprint density at radius 1 is 1.50 bits per heavy atom. The highest BCUT2D eigenvalue weighted by Gasteiger charge is 2.66. The van der Waals surface area contributed by atoms with Gasteiger partial charge in [0.05, 0.1) is 18.8 Å². The Morgan fingerprint density at radius 3 is 2.95 bits per heavy atom. The summed E-state index contributed by atoms with van der Waals surface area (Å²) in [5.74, 6) is 1.84. The highest BCUT2D eigenvalue weighted by atomic mass is 16.5. The molecule has 0 amide bonds. The average Bonchev–Trinajstić information content (AvgIpc) is 3.13. The van der Waals surface area contributed by atoms with Crippen LogP contribution in [0.25, 0.3) is 0 Å². The largest absolute Gasteiger partial charge is 0.466 e. The first-order chi connectivity index (χ1) is 10.5. The van der Waals surface area contributed by atoms with Crippen molar-refractivity contribution >= 4 is 11.9 Å². The van der Waals surface area contributed by atoms with Crippen LogP contribution in [-0.2, 0) is 19.1 Å². The molecule has 2 saturated carbocycles. The molecule has 0 spiro atoms. The zero-order valence-electron chi connectivity index (χ0n) is 12.8. The summed E-state index contributed by atoms with van der Waals surface area (Å²) >= 11 is 0. The molecule has 0 aromatic heterocycles. The Labute approximate surface area is 129 Å². The maximum atomic E-state index is 11.8. The van der Waals surface area contributed by atoms with Crippen LogP contribution in [0.5, 0.6) is 0 Å². The number of esters is 2. The number of aliphatic hydroxyl groups excluding tert-OH is 1. The van der Waals surface area contributed by atoms with Crippen LogP contribution in [0.3, 0.4) is 0 Å². The molecule has 0 saturated heterocycles. The number of carbonyl (C=O) groups excluding carboxylic acids is 2. The molecule has 1 N–H and O–H groups in total. The second kappa shape index (κ2) is 4.44. The van der Waals surface area contributed by atoms with Crippen LogP contribution >= 0.6 is 0 Å². The number of carbonyl (C=O) groups is 2. The van der Waals surface area contributed by atoms with E-state index in [9.17, 15) is 14.7 Å². The van der Waals surface area contributed by atoms with E-state index in [0.717, 1.165) is 18.4 Å². The quantitative estimate of drug-likeness (QED) is 0.801. The minimum atomic E-state index is -0.420. The molecule has 5 heteroatoms. The summed E-state index contributed by atoms with van der Waals surface area (Å²) in [5.41, 5.74) is 1.24. The lowest BCUT2D eigenvalue weighted by Gasteiger charge is -2.39. The van der Waals surface area contributed by atoms with E-state index in [1.54, 1.807) is 0 Å². The van der Waals surface area contributed by atoms with Crippen LogP contribution in [0, 0.1) is 29.1 Å². The third-order valence-corrected chi connectivity index (χ3v) is 6.12. The molecule has 5 atom stereocenters. The second-order valence-corrected chi connectivity index (χ2v) is 7.16. The van der Waals surface area contributed by atoms with Gasteiger partial charge in [0.15, 0.2) is 0 Å². The Hall–Kier alpha value is -1.62. The molecule has 0 unspecified atom stereocenters. The number of rotatable bonds is 3. The zero-order chi connectivity index (χ0) is 15.6. The number of hydrogen-bond donors (Lipinski definition) is 1. The van der Waals surface area contributed by atoms with Gasteiger partial charge in [-0.1, -0.05) is 6.92 Å². The van der Waals surface area contributed by atoms with E-state index in [-0.39, 0.29) is 18.0 Å². The molecule has 1 heterocycles. The lowest BCUT2D eigenvalue weighted by molar-refractivity contribution is -0.143. The highest BCUT2D eigenvalue weighted by molar-refractivity contribution is 5.95. The van der Waals surface area contributed by atoms with Crippen LogP contribution in [0.1, 0.15) is 26.7 Å². The first-order valence-corrected chi connectivity index (χ1v) is 7.87. The van der Waals surface area contributed by atoms with E-state index in [1.807, 2.05) is 0 Å². The fourth-order valence-corrected chi connectivity index (χ4v) is 4.97. The number of ether oxygens (including phenoxy) is 2. The summed E-state index contributed by atoms with van der Waals surface area (Å²) in [6.45, 7) is 3.84. The molecule has 0 aromatic carbocycles. The van der Waals surface area contributed by atoms with Crippen molar-refractivity contribution in [3.8, 4) is 0 Å². The van der Waals surface area contributed by atoms with Crippen molar-refractivity contribution < 1.29 is 24.2 Å². The SMILES string of the molecule is CC(=O)OC[C@@H]1[C@H]2C[C@H]2[C@]2(C)C=C3OC(=O)C(CO)=C3C[C@@H]12. The van der Waals surface area contributed by atoms with E-state index in [0.29, 0.717) is 41.6 Å². The van der Waals surface area contributed by atoms with Gasteiger partial charge in [-0.3, -0.25) is 4.79 Å². The molecule has 0 bridgehead atoms. The Balaban J connectivity index is 1.68. The van der Waals surface area contributed by atoms with E-state index < -0.39 is 5.97 Å². The molecular weight excluding hydrogens is 284 g/mol. The molecule has 0 radical (unpaired) electrons. The van der Waals surface area contributed by atoms with Gasteiger partial charge >= 0.3 is 11.9 Å². The molecule has 4 rings (SSSR count). The third-order valence-electron chi connectivity index (χ3n) is 6.12. The summed E-state index contributed by atoms with van der Waals surface area (Å²) in [7, 11) is 0. The summed E-state index contributed by atoms with van der Waals surface area (Å²) in [5, 5.41) is 9.43. The van der Waals surface area contributed by atoms with Crippen LogP contribution < -0.4 is 0 Å². The molecular formula is C17H20O5. The van der Waals surface area contributed by atoms with Gasteiger partial charge in [0.2, 0.25) is 0 Å². The van der Waals surface area contributed by atoms with Crippen molar-refractivity contribution in [1.29, 1.82) is 0 Å². The summed E-state index contributed by atoms with van der Waals surface area (Å²) in [6.07, 6.45) is 3.97. The lowest BCUT2D eigenvalue weighted by atomic mass is 9.66. The van der Waals surface area contributed by atoms with Gasteiger partial charge in [0.25, 0.3) is 0 Å². The maximum absolute atomic E-state index is 11.8. The van der Waals surface area contributed by atoms with Gasteiger partial charge in [-0.25, -0.2) is 4.79 Å². The molecule has 4 aliphatic rings. The van der Waals surface area contributed by atoms with Crippen molar-refractivity contribution in [2.45, 2.75) is 26.7 Å². The highest BCUT2D eigenvalue weighted by Crippen LogP contribution is 2.71. The van der Waals surface area contributed by atoms with Gasteiger partial charge in [0, 0.05) is 18.4 Å². The van der Waals surface area contributed by atoms with E-state index >= 15 is 0 Å². The number of allylic oxidation sites excluding steroid dienone is 2. The smallest absolute Gasteiger partial charge is 0.342 e. The first-order valence-electron chi connectivity index (χ1n) is 7.87. The lowest BCUT2D eigenvalue weighted by Crippen LogP contribution is -2.34. The predicted molar refractivity (Wildman–Crippen MR) is 76.2 cm³/mol. The van der Waals surface area contributed by atoms with Crippen LogP contribution in [-0.4, -0.2) is 30.3 Å². The van der Waals surface area contributed by atoms with Gasteiger partial charge in [0.1, 0.15) is 5.76 Å². The molecule has 5 nitrogen and oxygen atoms in total.